The fourth-order valence-corrected chi connectivity index (χ4v) is 1.70. The highest BCUT2D eigenvalue weighted by Gasteiger charge is 2.29. The third-order valence-electron chi connectivity index (χ3n) is 2.83. The molecule has 0 aromatic carbocycles. The van der Waals surface area contributed by atoms with Gasteiger partial charge in [-0.25, -0.2) is 0 Å². The molecular weight excluding hydrogens is 234 g/mol. The van der Waals surface area contributed by atoms with Gasteiger partial charge in [0.2, 0.25) is 0 Å². The van der Waals surface area contributed by atoms with Crippen LogP contribution in [-0.4, -0.2) is 38.2 Å². The maximum absolute atomic E-state index is 11.7. The molecule has 0 aliphatic heterocycles. The Hall–Kier alpha value is -1.10. The lowest BCUT2D eigenvalue weighted by Crippen LogP contribution is -2.50. The van der Waals surface area contributed by atoms with E-state index in [1.807, 2.05) is 13.8 Å². The Morgan fingerprint density at radius 2 is 1.67 bits per heavy atom. The minimum absolute atomic E-state index is 0.0474. The van der Waals surface area contributed by atoms with Gasteiger partial charge in [0.1, 0.15) is 12.1 Å². The molecule has 2 unspecified atom stereocenters. The van der Waals surface area contributed by atoms with Crippen LogP contribution in [-0.2, 0) is 19.1 Å². The summed E-state index contributed by atoms with van der Waals surface area (Å²) in [7, 11) is 2.70. The first-order chi connectivity index (χ1) is 8.47. The molecule has 0 aromatic rings. The van der Waals surface area contributed by atoms with Crippen LogP contribution in [0.3, 0.4) is 0 Å². The van der Waals surface area contributed by atoms with Gasteiger partial charge in [0, 0.05) is 0 Å². The summed E-state index contributed by atoms with van der Waals surface area (Å²) in [5, 5.41) is 3.04. The first-order valence-corrected chi connectivity index (χ1v) is 6.39. The average molecular weight is 259 g/mol. The fourth-order valence-electron chi connectivity index (χ4n) is 1.70. The summed E-state index contributed by atoms with van der Waals surface area (Å²) in [5.41, 5.74) is 0. The van der Waals surface area contributed by atoms with Crippen molar-refractivity contribution in [1.82, 2.24) is 5.32 Å². The Balaban J connectivity index is 4.68. The summed E-state index contributed by atoms with van der Waals surface area (Å²) < 4.78 is 9.49. The molecule has 0 saturated carbocycles. The molecule has 18 heavy (non-hydrogen) atoms. The second-order valence-corrected chi connectivity index (χ2v) is 4.63. The number of nitrogens with one attached hydrogen (secondary N) is 1. The van der Waals surface area contributed by atoms with Crippen LogP contribution in [0.5, 0.6) is 0 Å². The van der Waals surface area contributed by atoms with Crippen molar-refractivity contribution >= 4 is 11.9 Å². The minimum Gasteiger partial charge on any atom is -0.468 e. The molecule has 0 aromatic heterocycles. The number of hydrogen-bond donors (Lipinski definition) is 1. The molecule has 0 radical (unpaired) electrons. The smallest absolute Gasteiger partial charge is 0.323 e. The van der Waals surface area contributed by atoms with E-state index in [9.17, 15) is 9.59 Å². The zero-order valence-electron chi connectivity index (χ0n) is 12.0. The predicted octanol–water partition coefficient (Wildman–Crippen LogP) is 1.51. The highest BCUT2D eigenvalue weighted by atomic mass is 16.5. The molecule has 0 bridgehead atoms. The van der Waals surface area contributed by atoms with Gasteiger partial charge in [0.25, 0.3) is 0 Å². The number of unbranched alkanes of at least 4 members (excludes halogenated alkanes) is 1. The van der Waals surface area contributed by atoms with Crippen LogP contribution in [0.25, 0.3) is 0 Å². The molecule has 5 heteroatoms. The number of hydrogen-bond acceptors (Lipinski definition) is 5. The van der Waals surface area contributed by atoms with Gasteiger partial charge in [-0.15, -0.1) is 0 Å². The third-order valence-corrected chi connectivity index (χ3v) is 2.83. The van der Waals surface area contributed by atoms with Crippen molar-refractivity contribution < 1.29 is 19.1 Å². The van der Waals surface area contributed by atoms with E-state index in [2.05, 4.69) is 12.2 Å². The summed E-state index contributed by atoms with van der Waals surface area (Å²) in [5.74, 6) is -0.639. The van der Waals surface area contributed by atoms with Crippen molar-refractivity contribution in [1.29, 1.82) is 0 Å². The average Bonchev–Trinajstić information content (AvgIpc) is 2.36. The largest absolute Gasteiger partial charge is 0.468 e. The molecule has 0 aliphatic rings. The SMILES string of the molecule is CCCCC(NC(C(=O)OC)C(C)C)C(=O)OC. The van der Waals surface area contributed by atoms with Crippen molar-refractivity contribution in [3.63, 3.8) is 0 Å². The Morgan fingerprint density at radius 3 is 2.06 bits per heavy atom. The Bertz CT molecular complexity index is 266. The second kappa shape index (κ2) is 8.91. The van der Waals surface area contributed by atoms with Gasteiger partial charge in [0.05, 0.1) is 14.2 Å². The topological polar surface area (TPSA) is 64.6 Å². The van der Waals surface area contributed by atoms with Gasteiger partial charge >= 0.3 is 11.9 Å². The molecule has 0 aliphatic carbocycles. The molecule has 0 heterocycles. The van der Waals surface area contributed by atoms with Gasteiger partial charge in [-0.05, 0) is 12.3 Å². The highest BCUT2D eigenvalue weighted by Crippen LogP contribution is 2.09. The van der Waals surface area contributed by atoms with Gasteiger partial charge in [0.15, 0.2) is 0 Å². The highest BCUT2D eigenvalue weighted by molar-refractivity contribution is 5.79. The van der Waals surface area contributed by atoms with Gasteiger partial charge in [-0.2, -0.15) is 0 Å². The van der Waals surface area contributed by atoms with E-state index in [0.717, 1.165) is 12.8 Å². The van der Waals surface area contributed by atoms with Crippen LogP contribution < -0.4 is 5.32 Å². The van der Waals surface area contributed by atoms with Crippen LogP contribution in [0, 0.1) is 5.92 Å². The van der Waals surface area contributed by atoms with Crippen molar-refractivity contribution in [3.8, 4) is 0 Å². The zero-order valence-corrected chi connectivity index (χ0v) is 12.0. The van der Waals surface area contributed by atoms with E-state index in [4.69, 9.17) is 9.47 Å². The van der Waals surface area contributed by atoms with Crippen molar-refractivity contribution in [2.24, 2.45) is 5.92 Å². The molecule has 0 fully saturated rings. The first kappa shape index (κ1) is 16.9. The summed E-state index contributed by atoms with van der Waals surface area (Å²) >= 11 is 0. The van der Waals surface area contributed by atoms with Crippen LogP contribution >= 0.6 is 0 Å². The lowest BCUT2D eigenvalue weighted by atomic mass is 10.0. The van der Waals surface area contributed by atoms with E-state index in [1.54, 1.807) is 0 Å². The summed E-state index contributed by atoms with van der Waals surface area (Å²) in [6, 6.07) is -0.947. The van der Waals surface area contributed by atoms with E-state index in [-0.39, 0.29) is 17.9 Å². The predicted molar refractivity (Wildman–Crippen MR) is 69.1 cm³/mol. The maximum atomic E-state index is 11.7. The molecule has 0 amide bonds. The Kier molecular flexibility index (Phi) is 8.37. The lowest BCUT2D eigenvalue weighted by Gasteiger charge is -2.25. The molecule has 0 spiro atoms. The molecule has 2 atom stereocenters. The normalized spacial score (nSPS) is 14.1. The lowest BCUT2D eigenvalue weighted by molar-refractivity contribution is -0.147. The van der Waals surface area contributed by atoms with Gasteiger partial charge in [-0.1, -0.05) is 33.6 Å². The molecule has 5 nitrogen and oxygen atoms in total. The number of rotatable bonds is 8. The molecule has 0 rings (SSSR count). The van der Waals surface area contributed by atoms with Crippen LogP contribution in [0.2, 0.25) is 0 Å². The number of ether oxygens (including phenoxy) is 2. The standard InChI is InChI=1S/C13H25NO4/c1-6-7-8-10(12(15)17-4)14-11(9(2)3)13(16)18-5/h9-11,14H,6-8H2,1-5H3. The Labute approximate surface area is 109 Å². The number of carbonyl (C=O) groups is 2. The van der Waals surface area contributed by atoms with Crippen LogP contribution in [0.4, 0.5) is 0 Å². The number of esters is 2. The number of methoxy groups -OCH3 is 2. The van der Waals surface area contributed by atoms with Crippen molar-refractivity contribution in [3.05, 3.63) is 0 Å². The van der Waals surface area contributed by atoms with Crippen LogP contribution in [0.1, 0.15) is 40.0 Å². The quantitative estimate of drug-likeness (QED) is 0.669. The molecule has 106 valence electrons. The molecule has 1 N–H and O–H groups in total. The summed E-state index contributed by atoms with van der Waals surface area (Å²) in [6.07, 6.45) is 2.54. The van der Waals surface area contributed by atoms with Gasteiger partial charge in [-0.3, -0.25) is 14.9 Å². The minimum atomic E-state index is -0.490. The summed E-state index contributed by atoms with van der Waals surface area (Å²) in [4.78, 5) is 23.3. The van der Waals surface area contributed by atoms with Crippen LogP contribution in [0.15, 0.2) is 0 Å². The Morgan fingerprint density at radius 1 is 1.11 bits per heavy atom. The maximum Gasteiger partial charge on any atom is 0.323 e. The van der Waals surface area contributed by atoms with Crippen molar-refractivity contribution in [2.45, 2.75) is 52.1 Å². The van der Waals surface area contributed by atoms with E-state index in [0.29, 0.717) is 6.42 Å². The van der Waals surface area contributed by atoms with E-state index in [1.165, 1.54) is 14.2 Å². The fraction of sp³-hybridized carbons (Fsp3) is 0.846. The third kappa shape index (κ3) is 5.49. The van der Waals surface area contributed by atoms with E-state index >= 15 is 0 Å². The van der Waals surface area contributed by atoms with Crippen molar-refractivity contribution in [2.75, 3.05) is 14.2 Å². The summed E-state index contributed by atoms with van der Waals surface area (Å²) in [6.45, 7) is 5.86. The van der Waals surface area contributed by atoms with E-state index < -0.39 is 12.1 Å². The monoisotopic (exact) mass is 259 g/mol. The van der Waals surface area contributed by atoms with Gasteiger partial charge < -0.3 is 9.47 Å². The second-order valence-electron chi connectivity index (χ2n) is 4.63. The molecular formula is C13H25NO4. The number of carbonyl (C=O) groups excluding carboxylic acids is 2. The molecule has 0 saturated heterocycles. The first-order valence-electron chi connectivity index (χ1n) is 6.39. The zero-order chi connectivity index (χ0) is 14.1.